The largest absolute Gasteiger partial charge is 0.372 e. The van der Waals surface area contributed by atoms with E-state index in [4.69, 9.17) is 16.3 Å². The van der Waals surface area contributed by atoms with Crippen LogP contribution >= 0.6 is 11.6 Å². The molecule has 1 aromatic rings. The minimum atomic E-state index is -0.528. The van der Waals surface area contributed by atoms with Gasteiger partial charge >= 0.3 is 6.03 Å². The Balaban J connectivity index is 1.33. The Hall–Kier alpha value is -2.23. The van der Waals surface area contributed by atoms with Gasteiger partial charge in [0.2, 0.25) is 5.91 Å². The lowest BCUT2D eigenvalue weighted by Crippen LogP contribution is -2.58. The summed E-state index contributed by atoms with van der Waals surface area (Å²) in [6.45, 7) is 2.91. The maximum Gasteiger partial charge on any atom is 0.325 e. The smallest absolute Gasteiger partial charge is 0.325 e. The number of carbonyl (C=O) groups excluding carboxylic acids is 3. The molecule has 10 heteroatoms. The van der Waals surface area contributed by atoms with Crippen molar-refractivity contribution in [2.75, 3.05) is 45.9 Å². The molecule has 162 valence electrons. The molecule has 0 aromatic heterocycles. The van der Waals surface area contributed by atoms with Gasteiger partial charge in [-0.2, -0.15) is 0 Å². The van der Waals surface area contributed by atoms with Gasteiger partial charge in [0.25, 0.3) is 5.91 Å². The third kappa shape index (κ3) is 4.28. The third-order valence-electron chi connectivity index (χ3n) is 6.03. The minimum Gasteiger partial charge on any atom is -0.372 e. The van der Waals surface area contributed by atoms with Gasteiger partial charge < -0.3 is 15.0 Å². The van der Waals surface area contributed by atoms with Crippen LogP contribution in [0.2, 0.25) is 5.02 Å². The van der Waals surface area contributed by atoms with Crippen molar-refractivity contribution in [3.63, 3.8) is 0 Å². The summed E-state index contributed by atoms with van der Waals surface area (Å²) in [5.74, 6) is -0.954. The van der Waals surface area contributed by atoms with E-state index in [0.717, 1.165) is 4.90 Å². The fourth-order valence-electron chi connectivity index (χ4n) is 4.28. The van der Waals surface area contributed by atoms with E-state index in [0.29, 0.717) is 62.8 Å². The van der Waals surface area contributed by atoms with E-state index in [9.17, 15) is 18.8 Å². The van der Waals surface area contributed by atoms with E-state index in [2.05, 4.69) is 10.2 Å². The van der Waals surface area contributed by atoms with E-state index in [-0.39, 0.29) is 30.7 Å². The molecule has 1 N–H and O–H groups in total. The first kappa shape index (κ1) is 21.0. The molecule has 8 nitrogen and oxygen atoms in total. The maximum atomic E-state index is 14.2. The molecular weight excluding hydrogens is 415 g/mol. The summed E-state index contributed by atoms with van der Waals surface area (Å²) >= 11 is 6.17. The van der Waals surface area contributed by atoms with Crippen molar-refractivity contribution in [1.82, 2.24) is 20.0 Å². The first-order chi connectivity index (χ1) is 14.4. The first-order valence-corrected chi connectivity index (χ1v) is 10.4. The number of urea groups is 1. The number of halogens is 2. The number of nitrogens with one attached hydrogen (secondary N) is 1. The molecule has 0 aliphatic carbocycles. The molecule has 0 atom stereocenters. The molecule has 3 saturated heterocycles. The number of amides is 4. The lowest BCUT2D eigenvalue weighted by Gasteiger charge is -2.47. The summed E-state index contributed by atoms with van der Waals surface area (Å²) in [4.78, 5) is 40.6. The van der Waals surface area contributed by atoms with Gasteiger partial charge in [-0.05, 0) is 25.0 Å². The van der Waals surface area contributed by atoms with Gasteiger partial charge in [-0.15, -0.1) is 0 Å². The first-order valence-electron chi connectivity index (χ1n) is 10.0. The number of ether oxygens (including phenoxy) is 1. The van der Waals surface area contributed by atoms with Crippen LogP contribution in [-0.2, 0) is 20.9 Å². The fraction of sp³-hybridized carbons (Fsp3) is 0.550. The Morgan fingerprint density at radius 3 is 2.67 bits per heavy atom. The predicted octanol–water partition coefficient (Wildman–Crippen LogP) is 1.22. The number of hydrogen-bond donors (Lipinski definition) is 1. The molecule has 30 heavy (non-hydrogen) atoms. The molecule has 4 rings (SSSR count). The maximum absolute atomic E-state index is 14.2. The monoisotopic (exact) mass is 438 g/mol. The molecular formula is C20H24ClFN4O4. The fourth-order valence-corrected chi connectivity index (χ4v) is 4.50. The van der Waals surface area contributed by atoms with Crippen LogP contribution < -0.4 is 5.32 Å². The number of carbonyl (C=O) groups is 3. The molecule has 0 bridgehead atoms. The van der Waals surface area contributed by atoms with Crippen molar-refractivity contribution in [2.24, 2.45) is 0 Å². The molecule has 3 aliphatic rings. The van der Waals surface area contributed by atoms with Crippen molar-refractivity contribution >= 4 is 29.4 Å². The van der Waals surface area contributed by atoms with E-state index in [1.165, 1.54) is 6.07 Å². The van der Waals surface area contributed by atoms with Gasteiger partial charge in [-0.25, -0.2) is 9.18 Å². The number of nitrogens with zero attached hydrogens (tertiary/aromatic N) is 3. The number of benzene rings is 1. The van der Waals surface area contributed by atoms with Gasteiger partial charge in [0, 0.05) is 43.3 Å². The number of likely N-dealkylation sites (tertiary alicyclic amines) is 1. The molecule has 3 heterocycles. The predicted molar refractivity (Wildman–Crippen MR) is 106 cm³/mol. The number of rotatable bonds is 4. The third-order valence-corrected chi connectivity index (χ3v) is 6.38. The Bertz CT molecular complexity index is 823. The van der Waals surface area contributed by atoms with Crippen LogP contribution in [0.25, 0.3) is 0 Å². The zero-order valence-electron chi connectivity index (χ0n) is 16.5. The van der Waals surface area contributed by atoms with Gasteiger partial charge in [0.1, 0.15) is 12.4 Å². The molecule has 1 spiro atoms. The van der Waals surface area contributed by atoms with Crippen LogP contribution in [0.15, 0.2) is 18.2 Å². The van der Waals surface area contributed by atoms with Crippen molar-refractivity contribution in [3.05, 3.63) is 34.6 Å². The Kier molecular flexibility index (Phi) is 5.95. The lowest BCUT2D eigenvalue weighted by atomic mass is 9.89. The normalized spacial score (nSPS) is 21.9. The van der Waals surface area contributed by atoms with Crippen LogP contribution in [0.3, 0.4) is 0 Å². The molecule has 1 aromatic carbocycles. The Labute approximate surface area is 178 Å². The number of hydrogen-bond acceptors (Lipinski definition) is 5. The Morgan fingerprint density at radius 1 is 1.23 bits per heavy atom. The van der Waals surface area contributed by atoms with E-state index in [1.807, 2.05) is 0 Å². The topological polar surface area (TPSA) is 82.2 Å². The molecule has 3 aliphatic heterocycles. The zero-order chi connectivity index (χ0) is 21.3. The average Bonchev–Trinajstić information content (AvgIpc) is 3.03. The van der Waals surface area contributed by atoms with Crippen molar-refractivity contribution in [1.29, 1.82) is 0 Å². The highest BCUT2D eigenvalue weighted by Crippen LogP contribution is 2.32. The standard InChI is InChI=1S/C20H24ClFN4O4/c21-15-2-1-3-16(22)14(15)11-24-8-9-30-20(13-24)4-6-25(7-5-20)18(28)12-26-17(27)10-23-19(26)29/h1-3H,4-13H2,(H,23,29). The second kappa shape index (κ2) is 8.49. The van der Waals surface area contributed by atoms with Crippen molar-refractivity contribution < 1.29 is 23.5 Å². The summed E-state index contributed by atoms with van der Waals surface area (Å²) in [7, 11) is 0. The van der Waals surface area contributed by atoms with E-state index < -0.39 is 11.6 Å². The summed E-state index contributed by atoms with van der Waals surface area (Å²) in [5.41, 5.74) is 0.0885. The number of imide groups is 1. The van der Waals surface area contributed by atoms with Crippen LogP contribution in [0.1, 0.15) is 18.4 Å². The van der Waals surface area contributed by atoms with Gasteiger partial charge in [0.05, 0.1) is 18.8 Å². The van der Waals surface area contributed by atoms with E-state index >= 15 is 0 Å². The van der Waals surface area contributed by atoms with Crippen LogP contribution in [-0.4, -0.2) is 84.0 Å². The zero-order valence-corrected chi connectivity index (χ0v) is 17.3. The molecule has 0 unspecified atom stereocenters. The Morgan fingerprint density at radius 2 is 2.00 bits per heavy atom. The second-order valence-electron chi connectivity index (χ2n) is 7.96. The molecule has 0 radical (unpaired) electrons. The van der Waals surface area contributed by atoms with Gasteiger partial charge in [0.15, 0.2) is 0 Å². The van der Waals surface area contributed by atoms with Gasteiger partial charge in [-0.1, -0.05) is 17.7 Å². The highest BCUT2D eigenvalue weighted by atomic mass is 35.5. The number of morpholine rings is 1. The van der Waals surface area contributed by atoms with Crippen LogP contribution in [0, 0.1) is 5.82 Å². The highest BCUT2D eigenvalue weighted by molar-refractivity contribution is 6.31. The molecule has 3 fully saturated rings. The van der Waals surface area contributed by atoms with Crippen molar-refractivity contribution in [3.8, 4) is 0 Å². The van der Waals surface area contributed by atoms with Crippen molar-refractivity contribution in [2.45, 2.75) is 25.0 Å². The second-order valence-corrected chi connectivity index (χ2v) is 8.37. The quantitative estimate of drug-likeness (QED) is 0.715. The minimum absolute atomic E-state index is 0.0646. The highest BCUT2D eigenvalue weighted by Gasteiger charge is 2.41. The molecule has 0 saturated carbocycles. The molecule has 4 amide bonds. The SMILES string of the molecule is O=C(CN1C(=O)CNC1=O)N1CCC2(CC1)CN(Cc1c(F)cccc1Cl)CCO2. The number of piperidine rings is 1. The summed E-state index contributed by atoms with van der Waals surface area (Å²) in [6.07, 6.45) is 1.28. The van der Waals surface area contributed by atoms with Gasteiger partial charge in [-0.3, -0.25) is 19.4 Å². The lowest BCUT2D eigenvalue weighted by molar-refractivity contribution is -0.152. The van der Waals surface area contributed by atoms with E-state index in [1.54, 1.807) is 17.0 Å². The average molecular weight is 439 g/mol. The van der Waals surface area contributed by atoms with Crippen LogP contribution in [0.5, 0.6) is 0 Å². The summed E-state index contributed by atoms with van der Waals surface area (Å²) < 4.78 is 20.3. The summed E-state index contributed by atoms with van der Waals surface area (Å²) in [6, 6.07) is 4.16. The van der Waals surface area contributed by atoms with Crippen LogP contribution in [0.4, 0.5) is 9.18 Å². The summed E-state index contributed by atoms with van der Waals surface area (Å²) in [5, 5.41) is 2.83.